The number of amides is 1. The van der Waals surface area contributed by atoms with Crippen molar-refractivity contribution in [3.8, 4) is 5.75 Å². The number of carbonyl (C=O) groups excluding carboxylic acids is 1. The van der Waals surface area contributed by atoms with Crippen LogP contribution in [-0.2, 0) is 10.0 Å². The lowest BCUT2D eigenvalue weighted by Crippen LogP contribution is -2.26. The van der Waals surface area contributed by atoms with Gasteiger partial charge in [0.1, 0.15) is 17.1 Å². The number of furan rings is 1. The van der Waals surface area contributed by atoms with Gasteiger partial charge < -0.3 is 14.5 Å². The van der Waals surface area contributed by atoms with Gasteiger partial charge in [-0.2, -0.15) is 0 Å². The van der Waals surface area contributed by atoms with Crippen molar-refractivity contribution < 1.29 is 22.4 Å². The van der Waals surface area contributed by atoms with E-state index in [0.29, 0.717) is 17.2 Å². The van der Waals surface area contributed by atoms with Crippen LogP contribution in [0.15, 0.2) is 88.2 Å². The molecule has 1 heterocycles. The molecule has 2 N–H and O–H groups in total. The van der Waals surface area contributed by atoms with Crippen molar-refractivity contribution in [2.24, 2.45) is 0 Å². The van der Waals surface area contributed by atoms with Gasteiger partial charge in [0.2, 0.25) is 0 Å². The summed E-state index contributed by atoms with van der Waals surface area (Å²) in [5, 5.41) is 3.80. The fourth-order valence-electron chi connectivity index (χ4n) is 3.30. The zero-order valence-corrected chi connectivity index (χ0v) is 18.3. The van der Waals surface area contributed by atoms with E-state index in [9.17, 15) is 13.2 Å². The summed E-state index contributed by atoms with van der Waals surface area (Å²) in [5.41, 5.74) is 1.26. The molecule has 4 aromatic rings. The molecule has 8 heteroatoms. The third-order valence-electron chi connectivity index (χ3n) is 4.98. The first-order valence-corrected chi connectivity index (χ1v) is 11.4. The topological polar surface area (TPSA) is 97.6 Å². The number of sulfonamides is 1. The molecule has 164 valence electrons. The van der Waals surface area contributed by atoms with Gasteiger partial charge in [-0.05, 0) is 49.4 Å². The zero-order valence-electron chi connectivity index (χ0n) is 17.5. The van der Waals surface area contributed by atoms with Crippen LogP contribution in [0.3, 0.4) is 0 Å². The number of methoxy groups -OCH3 is 1. The Bertz CT molecular complexity index is 1340. The summed E-state index contributed by atoms with van der Waals surface area (Å²) in [5.74, 6) is 0.595. The van der Waals surface area contributed by atoms with Crippen molar-refractivity contribution in [2.75, 3.05) is 11.8 Å². The molecule has 1 amide bonds. The van der Waals surface area contributed by atoms with Gasteiger partial charge >= 0.3 is 0 Å². The van der Waals surface area contributed by atoms with Crippen LogP contribution >= 0.6 is 0 Å². The molecule has 1 atom stereocenters. The highest BCUT2D eigenvalue weighted by molar-refractivity contribution is 7.92. The van der Waals surface area contributed by atoms with Crippen LogP contribution in [-0.4, -0.2) is 21.4 Å². The Morgan fingerprint density at radius 3 is 2.50 bits per heavy atom. The Kier molecular flexibility index (Phi) is 5.87. The van der Waals surface area contributed by atoms with Crippen LogP contribution in [0.2, 0.25) is 0 Å². The molecule has 0 bridgehead atoms. The van der Waals surface area contributed by atoms with Crippen molar-refractivity contribution in [1.29, 1.82) is 0 Å². The number of hydrogen-bond donors (Lipinski definition) is 2. The second-order valence-electron chi connectivity index (χ2n) is 7.22. The SMILES string of the molecule is COc1ccccc1NS(=O)(=O)c1cccc(C(=O)NC(C)c2cc3ccccc3o2)c1. The number of benzene rings is 3. The maximum atomic E-state index is 12.9. The van der Waals surface area contributed by atoms with Crippen LogP contribution in [0, 0.1) is 0 Å². The Morgan fingerprint density at radius 1 is 0.969 bits per heavy atom. The maximum Gasteiger partial charge on any atom is 0.262 e. The Labute approximate surface area is 186 Å². The molecule has 0 fully saturated rings. The average molecular weight is 451 g/mol. The minimum Gasteiger partial charge on any atom is -0.495 e. The summed E-state index contributed by atoms with van der Waals surface area (Å²) < 4.78 is 39.2. The van der Waals surface area contributed by atoms with E-state index in [-0.39, 0.29) is 10.5 Å². The highest BCUT2D eigenvalue weighted by Gasteiger charge is 2.20. The van der Waals surface area contributed by atoms with Crippen LogP contribution in [0.5, 0.6) is 5.75 Å². The van der Waals surface area contributed by atoms with Crippen molar-refractivity contribution >= 4 is 32.6 Å². The van der Waals surface area contributed by atoms with Gasteiger partial charge in [0.15, 0.2) is 0 Å². The van der Waals surface area contributed by atoms with Crippen LogP contribution in [0.25, 0.3) is 11.0 Å². The Hall–Kier alpha value is -3.78. The molecule has 1 aromatic heterocycles. The summed E-state index contributed by atoms with van der Waals surface area (Å²) in [4.78, 5) is 12.8. The summed E-state index contributed by atoms with van der Waals surface area (Å²) in [7, 11) is -2.47. The minimum atomic E-state index is -3.93. The number of nitrogens with one attached hydrogen (secondary N) is 2. The molecule has 3 aromatic carbocycles. The smallest absolute Gasteiger partial charge is 0.262 e. The molecule has 0 saturated heterocycles. The van der Waals surface area contributed by atoms with Crippen molar-refractivity contribution in [1.82, 2.24) is 5.32 Å². The fraction of sp³-hybridized carbons (Fsp3) is 0.125. The average Bonchev–Trinajstić information content (AvgIpc) is 3.24. The van der Waals surface area contributed by atoms with E-state index in [2.05, 4.69) is 10.0 Å². The number of para-hydroxylation sites is 3. The standard InChI is InChI=1S/C24H22N2O5S/c1-16(23-15-17-8-3-5-12-21(17)31-23)25-24(27)18-9-7-10-19(14-18)32(28,29)26-20-11-4-6-13-22(20)30-2/h3-16,26H,1-2H3,(H,25,27). The zero-order chi connectivity index (χ0) is 22.7. The molecule has 0 radical (unpaired) electrons. The van der Waals surface area contributed by atoms with Gasteiger partial charge in [-0.3, -0.25) is 9.52 Å². The second kappa shape index (κ2) is 8.76. The molecule has 0 spiro atoms. The number of fused-ring (bicyclic) bond motifs is 1. The minimum absolute atomic E-state index is 0.0348. The summed E-state index contributed by atoms with van der Waals surface area (Å²) in [6.07, 6.45) is 0. The van der Waals surface area contributed by atoms with Crippen LogP contribution in [0.1, 0.15) is 29.1 Å². The molecule has 1 unspecified atom stereocenters. The Balaban J connectivity index is 1.53. The van der Waals surface area contributed by atoms with Crippen molar-refractivity contribution in [3.05, 3.63) is 90.2 Å². The molecular weight excluding hydrogens is 428 g/mol. The highest BCUT2D eigenvalue weighted by Crippen LogP contribution is 2.27. The fourth-order valence-corrected chi connectivity index (χ4v) is 4.42. The molecule has 32 heavy (non-hydrogen) atoms. The number of rotatable bonds is 7. The van der Waals surface area contributed by atoms with Gasteiger partial charge in [0.05, 0.1) is 23.7 Å². The van der Waals surface area contributed by atoms with Crippen molar-refractivity contribution in [3.63, 3.8) is 0 Å². The van der Waals surface area contributed by atoms with Gasteiger partial charge in [-0.1, -0.05) is 36.4 Å². The number of hydrogen-bond acceptors (Lipinski definition) is 5. The summed E-state index contributed by atoms with van der Waals surface area (Å²) in [6.45, 7) is 1.81. The molecule has 0 aliphatic rings. The highest BCUT2D eigenvalue weighted by atomic mass is 32.2. The number of ether oxygens (including phenoxy) is 1. The first-order valence-electron chi connectivity index (χ1n) is 9.92. The molecule has 7 nitrogen and oxygen atoms in total. The summed E-state index contributed by atoms with van der Waals surface area (Å²) in [6, 6.07) is 21.6. The van der Waals surface area contributed by atoms with E-state index >= 15 is 0 Å². The van der Waals surface area contributed by atoms with E-state index in [1.54, 1.807) is 37.3 Å². The number of anilines is 1. The number of carbonyl (C=O) groups is 1. The molecule has 0 aliphatic heterocycles. The van der Waals surface area contributed by atoms with Gasteiger partial charge in [0.25, 0.3) is 15.9 Å². The first kappa shape index (κ1) is 21.5. The predicted molar refractivity (Wildman–Crippen MR) is 122 cm³/mol. The van der Waals surface area contributed by atoms with Crippen LogP contribution in [0.4, 0.5) is 5.69 Å². The lowest BCUT2D eigenvalue weighted by Gasteiger charge is -2.14. The van der Waals surface area contributed by atoms with E-state index in [1.165, 1.54) is 25.3 Å². The van der Waals surface area contributed by atoms with Gasteiger partial charge in [-0.15, -0.1) is 0 Å². The Morgan fingerprint density at radius 2 is 1.72 bits per heavy atom. The molecule has 0 saturated carbocycles. The van der Waals surface area contributed by atoms with E-state index in [0.717, 1.165) is 11.0 Å². The second-order valence-corrected chi connectivity index (χ2v) is 8.90. The maximum absolute atomic E-state index is 12.9. The molecular formula is C24H22N2O5S. The predicted octanol–water partition coefficient (Wildman–Crippen LogP) is 4.73. The monoisotopic (exact) mass is 450 g/mol. The van der Waals surface area contributed by atoms with E-state index in [1.807, 2.05) is 30.3 Å². The first-order chi connectivity index (χ1) is 15.4. The molecule has 0 aliphatic carbocycles. The largest absolute Gasteiger partial charge is 0.495 e. The molecule has 4 rings (SSSR count). The van der Waals surface area contributed by atoms with E-state index in [4.69, 9.17) is 9.15 Å². The lowest BCUT2D eigenvalue weighted by molar-refractivity contribution is 0.0935. The quantitative estimate of drug-likeness (QED) is 0.424. The third kappa shape index (κ3) is 4.45. The summed E-state index contributed by atoms with van der Waals surface area (Å²) >= 11 is 0. The van der Waals surface area contributed by atoms with Crippen molar-refractivity contribution in [2.45, 2.75) is 17.9 Å². The third-order valence-corrected chi connectivity index (χ3v) is 6.34. The van der Waals surface area contributed by atoms with Gasteiger partial charge in [-0.25, -0.2) is 8.42 Å². The van der Waals surface area contributed by atoms with E-state index < -0.39 is 22.0 Å². The van der Waals surface area contributed by atoms with Crippen LogP contribution < -0.4 is 14.8 Å². The van der Waals surface area contributed by atoms with Gasteiger partial charge in [0, 0.05) is 10.9 Å². The normalized spacial score (nSPS) is 12.3. The lowest BCUT2D eigenvalue weighted by atomic mass is 10.1.